The summed E-state index contributed by atoms with van der Waals surface area (Å²) in [6.45, 7) is 10.9. The van der Waals surface area contributed by atoms with E-state index >= 15 is 0 Å². The summed E-state index contributed by atoms with van der Waals surface area (Å²) in [5.74, 6) is 0.124. The lowest BCUT2D eigenvalue weighted by Crippen LogP contribution is -2.52. The van der Waals surface area contributed by atoms with Crippen LogP contribution in [0.3, 0.4) is 0 Å². The molecule has 2 amide bonds. The minimum atomic E-state index is -4.64. The van der Waals surface area contributed by atoms with E-state index in [1.165, 1.54) is 18.3 Å². The van der Waals surface area contributed by atoms with Gasteiger partial charge >= 0.3 is 12.3 Å². The molecular weight excluding hydrogens is 517 g/mol. The minimum Gasteiger partial charge on any atom is -0.468 e. The average Bonchev–Trinajstić information content (AvgIpc) is 2.86. The van der Waals surface area contributed by atoms with Gasteiger partial charge in [0.2, 0.25) is 11.8 Å². The fourth-order valence-electron chi connectivity index (χ4n) is 3.60. The fraction of sp³-hybridized carbons (Fsp3) is 0.577. The van der Waals surface area contributed by atoms with Crippen molar-refractivity contribution in [3.8, 4) is 17.1 Å². The first kappa shape index (κ1) is 29.9. The number of hydrogen-bond acceptors (Lipinski definition) is 8. The average molecular weight is 553 g/mol. The second kappa shape index (κ2) is 12.5. The number of alkyl halides is 3. The van der Waals surface area contributed by atoms with E-state index in [1.54, 1.807) is 30.6 Å². The topological polar surface area (TPSA) is 110 Å². The first-order valence-electron chi connectivity index (χ1n) is 12.8. The van der Waals surface area contributed by atoms with E-state index < -0.39 is 23.6 Å². The summed E-state index contributed by atoms with van der Waals surface area (Å²) in [5, 5.41) is 2.85. The molecule has 0 aromatic carbocycles. The maximum Gasteiger partial charge on any atom is 0.433 e. The molecule has 0 spiro atoms. The van der Waals surface area contributed by atoms with Crippen molar-refractivity contribution in [1.29, 1.82) is 0 Å². The van der Waals surface area contributed by atoms with Crippen molar-refractivity contribution in [3.05, 3.63) is 30.1 Å². The molecular formula is C26H35F3N6O4. The number of halogens is 3. The largest absolute Gasteiger partial charge is 0.468 e. The predicted molar refractivity (Wildman–Crippen MR) is 138 cm³/mol. The molecule has 1 saturated heterocycles. The second-order valence-corrected chi connectivity index (χ2v) is 10.6. The molecule has 10 nitrogen and oxygen atoms in total. The molecule has 1 N–H and O–H groups in total. The Morgan fingerprint density at radius 1 is 1.05 bits per heavy atom. The summed E-state index contributed by atoms with van der Waals surface area (Å²) in [7, 11) is 0. The van der Waals surface area contributed by atoms with Crippen molar-refractivity contribution in [2.45, 2.75) is 52.8 Å². The Morgan fingerprint density at radius 2 is 1.72 bits per heavy atom. The number of hydrogen-bond donors (Lipinski definition) is 1. The Bertz CT molecular complexity index is 1130. The lowest BCUT2D eigenvalue weighted by atomic mass is 10.1. The summed E-state index contributed by atoms with van der Waals surface area (Å²) < 4.78 is 51.1. The molecule has 0 unspecified atom stereocenters. The van der Waals surface area contributed by atoms with Crippen LogP contribution in [0.2, 0.25) is 0 Å². The lowest BCUT2D eigenvalue weighted by Gasteiger charge is -2.35. The lowest BCUT2D eigenvalue weighted by molar-refractivity contribution is -0.141. The summed E-state index contributed by atoms with van der Waals surface area (Å²) >= 11 is 0. The van der Waals surface area contributed by atoms with E-state index in [0.29, 0.717) is 44.2 Å². The zero-order valence-electron chi connectivity index (χ0n) is 22.8. The second-order valence-electron chi connectivity index (χ2n) is 10.6. The highest BCUT2D eigenvalue weighted by Gasteiger charge is 2.34. The Kier molecular flexibility index (Phi) is 9.57. The van der Waals surface area contributed by atoms with Gasteiger partial charge < -0.3 is 24.6 Å². The molecule has 13 heteroatoms. The van der Waals surface area contributed by atoms with E-state index in [0.717, 1.165) is 12.5 Å². The quantitative estimate of drug-likeness (QED) is 0.511. The zero-order valence-corrected chi connectivity index (χ0v) is 22.8. The van der Waals surface area contributed by atoms with Crippen LogP contribution in [0, 0.1) is 5.92 Å². The summed E-state index contributed by atoms with van der Waals surface area (Å²) in [4.78, 5) is 39.8. The highest BCUT2D eigenvalue weighted by molar-refractivity contribution is 5.78. The number of amides is 2. The summed E-state index contributed by atoms with van der Waals surface area (Å²) in [6, 6.07) is 3.85. The Labute approximate surface area is 225 Å². The first-order chi connectivity index (χ1) is 18.2. The molecule has 0 bridgehead atoms. The number of piperazine rings is 1. The van der Waals surface area contributed by atoms with Crippen LogP contribution in [0.15, 0.2) is 24.4 Å². The van der Waals surface area contributed by atoms with Gasteiger partial charge in [-0.05, 0) is 45.2 Å². The number of carbonyl (C=O) groups is 2. The van der Waals surface area contributed by atoms with Crippen LogP contribution < -0.4 is 10.1 Å². The number of rotatable bonds is 8. The van der Waals surface area contributed by atoms with Crippen molar-refractivity contribution in [1.82, 2.24) is 24.8 Å². The number of nitrogens with one attached hydrogen (secondary N) is 1. The number of nitrogens with zero attached hydrogens (tertiary/aromatic N) is 5. The Balaban J connectivity index is 1.58. The minimum absolute atomic E-state index is 0.0577. The van der Waals surface area contributed by atoms with Crippen LogP contribution in [-0.2, 0) is 15.7 Å². The van der Waals surface area contributed by atoms with E-state index in [4.69, 9.17) is 9.47 Å². The van der Waals surface area contributed by atoms with Gasteiger partial charge in [0.25, 0.3) is 5.91 Å². The molecule has 0 saturated carbocycles. The smallest absolute Gasteiger partial charge is 0.433 e. The molecule has 1 aliphatic rings. The van der Waals surface area contributed by atoms with Gasteiger partial charge in [-0.3, -0.25) is 4.79 Å². The van der Waals surface area contributed by atoms with Gasteiger partial charge in [-0.1, -0.05) is 13.8 Å². The number of anilines is 1. The number of pyridine rings is 1. The molecule has 3 rings (SSSR count). The van der Waals surface area contributed by atoms with Gasteiger partial charge in [-0.25, -0.2) is 19.7 Å². The van der Waals surface area contributed by atoms with Crippen LogP contribution in [0.1, 0.15) is 46.7 Å². The van der Waals surface area contributed by atoms with Gasteiger partial charge in [-0.15, -0.1) is 0 Å². The highest BCUT2D eigenvalue weighted by Crippen LogP contribution is 2.31. The van der Waals surface area contributed by atoms with E-state index in [1.807, 2.05) is 13.8 Å². The van der Waals surface area contributed by atoms with Gasteiger partial charge in [0.15, 0.2) is 12.3 Å². The maximum atomic E-state index is 13.4. The van der Waals surface area contributed by atoms with Crippen LogP contribution in [0.25, 0.3) is 11.3 Å². The Hall–Kier alpha value is -3.64. The molecule has 0 atom stereocenters. The van der Waals surface area contributed by atoms with Crippen LogP contribution in [0.5, 0.6) is 5.88 Å². The number of aromatic nitrogens is 3. The Morgan fingerprint density at radius 3 is 2.28 bits per heavy atom. The van der Waals surface area contributed by atoms with Crippen molar-refractivity contribution in [3.63, 3.8) is 0 Å². The third-order valence-electron chi connectivity index (χ3n) is 5.68. The normalized spacial score (nSPS) is 14.4. The first-order valence-corrected chi connectivity index (χ1v) is 12.8. The number of ether oxygens (including phenoxy) is 2. The molecule has 1 fully saturated rings. The molecule has 39 heavy (non-hydrogen) atoms. The third-order valence-corrected chi connectivity index (χ3v) is 5.68. The SMILES string of the molecule is CC(C)CCNc1nc(-c2ccc(OCC(=O)N3CCN(C(=O)OC(C)(C)C)CC3)nc2)cc(C(F)(F)F)n1. The van der Waals surface area contributed by atoms with Gasteiger partial charge in [0.1, 0.15) is 5.60 Å². The van der Waals surface area contributed by atoms with Crippen molar-refractivity contribution < 1.29 is 32.2 Å². The molecule has 1 aliphatic heterocycles. The summed E-state index contributed by atoms with van der Waals surface area (Å²) in [6.07, 6.45) is -2.97. The maximum absolute atomic E-state index is 13.4. The zero-order chi connectivity index (χ0) is 28.8. The molecule has 214 valence electrons. The fourth-order valence-corrected chi connectivity index (χ4v) is 3.60. The van der Waals surface area contributed by atoms with Gasteiger partial charge in [0.05, 0.1) is 5.69 Å². The highest BCUT2D eigenvalue weighted by atomic mass is 19.4. The number of carbonyl (C=O) groups excluding carboxylic acids is 2. The van der Waals surface area contributed by atoms with Crippen molar-refractivity contribution in [2.24, 2.45) is 5.92 Å². The molecule has 0 aliphatic carbocycles. The third kappa shape index (κ3) is 9.25. The standard InChI is InChI=1S/C26H35F3N6O4/c1-17(2)8-9-30-23-32-19(14-20(33-23)26(27,28)29)18-6-7-21(31-15-18)38-16-22(36)34-10-12-35(13-11-34)24(37)39-25(3,4)5/h6-7,14-15,17H,8-13,16H2,1-5H3,(H,30,32,33). The van der Waals surface area contributed by atoms with Gasteiger partial charge in [0, 0.05) is 50.6 Å². The van der Waals surface area contributed by atoms with E-state index in [2.05, 4.69) is 20.3 Å². The van der Waals surface area contributed by atoms with E-state index in [-0.39, 0.29) is 30.0 Å². The molecule has 2 aromatic rings. The summed E-state index contributed by atoms with van der Waals surface area (Å²) in [5.41, 5.74) is -1.26. The van der Waals surface area contributed by atoms with Crippen molar-refractivity contribution >= 4 is 17.9 Å². The van der Waals surface area contributed by atoms with Gasteiger partial charge in [-0.2, -0.15) is 13.2 Å². The van der Waals surface area contributed by atoms with E-state index in [9.17, 15) is 22.8 Å². The van der Waals surface area contributed by atoms with Crippen molar-refractivity contribution in [2.75, 3.05) is 44.6 Å². The predicted octanol–water partition coefficient (Wildman–Crippen LogP) is 4.47. The van der Waals surface area contributed by atoms with Crippen LogP contribution in [0.4, 0.5) is 23.9 Å². The van der Waals surface area contributed by atoms with Crippen LogP contribution in [-0.4, -0.2) is 81.7 Å². The van der Waals surface area contributed by atoms with Crippen LogP contribution >= 0.6 is 0 Å². The monoisotopic (exact) mass is 552 g/mol. The molecule has 2 aromatic heterocycles. The molecule has 3 heterocycles. The molecule has 0 radical (unpaired) electrons.